The second-order valence-electron chi connectivity index (χ2n) is 11.0. The number of pyridine rings is 1. The summed E-state index contributed by atoms with van der Waals surface area (Å²) in [5, 5.41) is 0. The minimum atomic E-state index is 0.965. The van der Waals surface area contributed by atoms with Crippen molar-refractivity contribution < 1.29 is 0 Å². The number of fused-ring (bicyclic) bond motifs is 1. The van der Waals surface area contributed by atoms with Crippen molar-refractivity contribution >= 4 is 11.0 Å². The summed E-state index contributed by atoms with van der Waals surface area (Å²) < 4.78 is 2.37. The Morgan fingerprint density at radius 2 is 1.03 bits per heavy atom. The van der Waals surface area contributed by atoms with E-state index in [2.05, 4.69) is 46.8 Å². The van der Waals surface area contributed by atoms with Gasteiger partial charge >= 0.3 is 0 Å². The van der Waals surface area contributed by atoms with Gasteiger partial charge in [-0.15, -0.1) is 0 Å². The predicted molar refractivity (Wildman–Crippen MR) is 161 cm³/mol. The third-order valence-corrected chi connectivity index (χ3v) is 7.78. The van der Waals surface area contributed by atoms with Gasteiger partial charge in [-0.05, 0) is 30.7 Å². The summed E-state index contributed by atoms with van der Waals surface area (Å²) in [5.74, 6) is 1.000. The highest BCUT2D eigenvalue weighted by molar-refractivity contribution is 5.79. The highest BCUT2D eigenvalue weighted by Gasteiger charge is 2.12. The van der Waals surface area contributed by atoms with Crippen LogP contribution >= 0.6 is 0 Å². The molecule has 3 nitrogen and oxygen atoms in total. The number of aromatic nitrogens is 3. The fourth-order valence-electron chi connectivity index (χ4n) is 5.52. The number of benzene rings is 1. The van der Waals surface area contributed by atoms with Gasteiger partial charge in [0.1, 0.15) is 5.69 Å². The molecule has 37 heavy (non-hydrogen) atoms. The second-order valence-corrected chi connectivity index (χ2v) is 11.0. The molecule has 2 heterocycles. The first-order valence-electron chi connectivity index (χ1n) is 15.8. The maximum Gasteiger partial charge on any atom is 0.159 e. The van der Waals surface area contributed by atoms with Crippen LogP contribution in [0.3, 0.4) is 0 Å². The Bertz CT molecular complexity index is 946. The summed E-state index contributed by atoms with van der Waals surface area (Å²) in [6.07, 6.45) is 30.2. The van der Waals surface area contributed by atoms with E-state index in [4.69, 9.17) is 4.98 Å². The quantitative estimate of drug-likeness (QED) is 0.128. The first-order chi connectivity index (χ1) is 18.4. The fourth-order valence-corrected chi connectivity index (χ4v) is 5.52. The molecule has 0 saturated carbocycles. The van der Waals surface area contributed by atoms with Gasteiger partial charge in [0.2, 0.25) is 0 Å². The molecule has 0 unspecified atom stereocenters. The van der Waals surface area contributed by atoms with E-state index in [0.717, 1.165) is 23.6 Å². The molecule has 0 fully saturated rings. The van der Waals surface area contributed by atoms with Crippen LogP contribution in [-0.4, -0.2) is 14.5 Å². The molecule has 2 aromatic heterocycles. The smallest absolute Gasteiger partial charge is 0.159 e. The molecule has 0 bridgehead atoms. The summed E-state index contributed by atoms with van der Waals surface area (Å²) in [5.41, 5.74) is 3.25. The number of imidazole rings is 1. The number of hydrogen-bond acceptors (Lipinski definition) is 2. The van der Waals surface area contributed by atoms with Gasteiger partial charge < -0.3 is 4.57 Å². The molecule has 0 N–H and O–H groups in total. The maximum absolute atomic E-state index is 4.89. The monoisotopic (exact) mass is 503 g/mol. The van der Waals surface area contributed by atoms with Gasteiger partial charge in [0.25, 0.3) is 0 Å². The average molecular weight is 504 g/mol. The molecule has 0 aliphatic heterocycles. The fraction of sp³-hybridized carbons (Fsp3) is 0.647. The highest BCUT2D eigenvalue weighted by atomic mass is 15.1. The Labute approximate surface area is 227 Å². The minimum Gasteiger partial charge on any atom is -0.323 e. The van der Waals surface area contributed by atoms with E-state index in [9.17, 15) is 0 Å². The van der Waals surface area contributed by atoms with Crippen LogP contribution in [0, 0.1) is 0 Å². The summed E-state index contributed by atoms with van der Waals surface area (Å²) in [4.78, 5) is 9.44. The van der Waals surface area contributed by atoms with Crippen molar-refractivity contribution in [1.82, 2.24) is 14.5 Å². The molecule has 3 heteroatoms. The van der Waals surface area contributed by atoms with E-state index in [1.807, 2.05) is 18.3 Å². The highest BCUT2D eigenvalue weighted by Crippen LogP contribution is 2.24. The largest absolute Gasteiger partial charge is 0.323 e. The Morgan fingerprint density at radius 3 is 1.54 bits per heavy atom. The number of hydrogen-bond donors (Lipinski definition) is 0. The van der Waals surface area contributed by atoms with Crippen molar-refractivity contribution in [2.45, 2.75) is 142 Å². The molecular weight excluding hydrogens is 450 g/mol. The van der Waals surface area contributed by atoms with Crippen LogP contribution in [0.4, 0.5) is 0 Å². The SMILES string of the molecule is CCCCCCCCCCCCCCCCCCCCCCn1c(-c2ccccn2)nc2ccccc21. The summed E-state index contributed by atoms with van der Waals surface area (Å²) in [7, 11) is 0. The first-order valence-corrected chi connectivity index (χ1v) is 15.8. The molecule has 3 rings (SSSR count). The lowest BCUT2D eigenvalue weighted by Crippen LogP contribution is -2.02. The molecule has 1 aromatic carbocycles. The van der Waals surface area contributed by atoms with Crippen molar-refractivity contribution in [2.24, 2.45) is 0 Å². The van der Waals surface area contributed by atoms with Gasteiger partial charge in [-0.2, -0.15) is 0 Å². The summed E-state index contributed by atoms with van der Waals surface area (Å²) >= 11 is 0. The van der Waals surface area contributed by atoms with Gasteiger partial charge in [0, 0.05) is 12.7 Å². The molecule has 3 aromatic rings. The number of para-hydroxylation sites is 2. The Morgan fingerprint density at radius 1 is 0.541 bits per heavy atom. The van der Waals surface area contributed by atoms with Crippen LogP contribution in [0.5, 0.6) is 0 Å². The molecule has 0 aliphatic rings. The van der Waals surface area contributed by atoms with Gasteiger partial charge in [-0.1, -0.05) is 147 Å². The topological polar surface area (TPSA) is 30.7 Å². The van der Waals surface area contributed by atoms with Crippen LogP contribution in [0.1, 0.15) is 135 Å². The zero-order valence-electron chi connectivity index (χ0n) is 23.8. The van der Waals surface area contributed by atoms with Crippen LogP contribution in [0.15, 0.2) is 48.7 Å². The zero-order valence-corrected chi connectivity index (χ0v) is 23.8. The molecule has 0 saturated heterocycles. The van der Waals surface area contributed by atoms with Crippen LogP contribution in [0.2, 0.25) is 0 Å². The second kappa shape index (κ2) is 19.0. The number of unbranched alkanes of at least 4 members (excludes halogenated alkanes) is 19. The Kier molecular flexibility index (Phi) is 15.1. The van der Waals surface area contributed by atoms with Crippen molar-refractivity contribution in [3.05, 3.63) is 48.7 Å². The van der Waals surface area contributed by atoms with Crippen LogP contribution < -0.4 is 0 Å². The van der Waals surface area contributed by atoms with E-state index < -0.39 is 0 Å². The van der Waals surface area contributed by atoms with E-state index in [1.165, 1.54) is 134 Å². The normalized spacial score (nSPS) is 11.5. The molecule has 0 aliphatic carbocycles. The molecule has 0 amide bonds. The summed E-state index contributed by atoms with van der Waals surface area (Å²) in [6.45, 7) is 3.32. The first kappa shape index (κ1) is 29.4. The van der Waals surface area contributed by atoms with Crippen molar-refractivity contribution in [2.75, 3.05) is 0 Å². The molecule has 0 spiro atoms. The zero-order chi connectivity index (χ0) is 25.8. The molecule has 0 atom stereocenters. The van der Waals surface area contributed by atoms with E-state index in [1.54, 1.807) is 0 Å². The van der Waals surface area contributed by atoms with Gasteiger partial charge in [0.15, 0.2) is 5.82 Å². The predicted octanol–water partition coefficient (Wildman–Crippen LogP) is 10.9. The lowest BCUT2D eigenvalue weighted by molar-refractivity contribution is 0.517. The van der Waals surface area contributed by atoms with Gasteiger partial charge in [0.05, 0.1) is 11.0 Å². The lowest BCUT2D eigenvalue weighted by Gasteiger charge is -2.09. The minimum absolute atomic E-state index is 0.965. The van der Waals surface area contributed by atoms with E-state index in [0.29, 0.717) is 0 Å². The van der Waals surface area contributed by atoms with E-state index >= 15 is 0 Å². The third kappa shape index (κ3) is 11.4. The maximum atomic E-state index is 4.89. The van der Waals surface area contributed by atoms with Gasteiger partial charge in [-0.25, -0.2) is 4.98 Å². The lowest BCUT2D eigenvalue weighted by atomic mass is 10.0. The summed E-state index contributed by atoms with van der Waals surface area (Å²) in [6, 6.07) is 14.6. The standard InChI is InChI=1S/C34H53N3/c1-2-3-4-5-6-7-8-9-10-11-12-13-14-15-16-17-18-19-20-25-30-37-33-28-22-21-26-31(33)36-34(37)32-27-23-24-29-35-32/h21-24,26-29H,2-20,25,30H2,1H3. The Hall–Kier alpha value is -2.16. The number of rotatable bonds is 22. The van der Waals surface area contributed by atoms with Gasteiger partial charge in [-0.3, -0.25) is 4.98 Å². The number of nitrogens with zero attached hydrogens (tertiary/aromatic N) is 3. The van der Waals surface area contributed by atoms with E-state index in [-0.39, 0.29) is 0 Å². The van der Waals surface area contributed by atoms with Crippen molar-refractivity contribution in [1.29, 1.82) is 0 Å². The third-order valence-electron chi connectivity index (χ3n) is 7.78. The molecular formula is C34H53N3. The van der Waals surface area contributed by atoms with Crippen molar-refractivity contribution in [3.63, 3.8) is 0 Å². The van der Waals surface area contributed by atoms with Crippen LogP contribution in [-0.2, 0) is 6.54 Å². The van der Waals surface area contributed by atoms with Crippen molar-refractivity contribution in [3.8, 4) is 11.5 Å². The average Bonchev–Trinajstić information content (AvgIpc) is 3.31. The Balaban J connectivity index is 1.16. The van der Waals surface area contributed by atoms with Crippen LogP contribution in [0.25, 0.3) is 22.6 Å². The molecule has 204 valence electrons. The molecule has 0 radical (unpaired) electrons. The number of aryl methyl sites for hydroxylation is 1.